The summed E-state index contributed by atoms with van der Waals surface area (Å²) in [6.45, 7) is 4.93. The van der Waals surface area contributed by atoms with Crippen molar-refractivity contribution < 1.29 is 9.47 Å². The zero-order valence-electron chi connectivity index (χ0n) is 6.09. The van der Waals surface area contributed by atoms with E-state index in [9.17, 15) is 0 Å². The molecule has 0 radical (unpaired) electrons. The van der Waals surface area contributed by atoms with Gasteiger partial charge in [-0.3, -0.25) is 0 Å². The first-order chi connectivity index (χ1) is 4.29. The van der Waals surface area contributed by atoms with Crippen LogP contribution < -0.4 is 0 Å². The number of ether oxygens (including phenoxy) is 2. The van der Waals surface area contributed by atoms with Crippen molar-refractivity contribution in [2.75, 3.05) is 6.61 Å². The van der Waals surface area contributed by atoms with Crippen LogP contribution in [-0.4, -0.2) is 19.0 Å². The first-order valence-corrected chi connectivity index (χ1v) is 3.56. The highest BCUT2D eigenvalue weighted by Gasteiger charge is 2.16. The zero-order chi connectivity index (χ0) is 6.69. The molecule has 0 bridgehead atoms. The van der Waals surface area contributed by atoms with Crippen molar-refractivity contribution in [3.63, 3.8) is 0 Å². The lowest BCUT2D eigenvalue weighted by Crippen LogP contribution is -2.15. The maximum absolute atomic E-state index is 5.39. The summed E-state index contributed by atoms with van der Waals surface area (Å²) in [5.41, 5.74) is 0. The Morgan fingerprint density at radius 1 is 1.56 bits per heavy atom. The van der Waals surface area contributed by atoms with Gasteiger partial charge in [0.15, 0.2) is 6.29 Å². The van der Waals surface area contributed by atoms with Crippen LogP contribution in [0.1, 0.15) is 26.7 Å². The number of hydrogen-bond acceptors (Lipinski definition) is 2. The molecule has 0 amide bonds. The van der Waals surface area contributed by atoms with Crippen molar-refractivity contribution in [2.45, 2.75) is 39.1 Å². The Kier molecular flexibility index (Phi) is 2.49. The van der Waals surface area contributed by atoms with Crippen LogP contribution >= 0.6 is 0 Å². The molecule has 1 rings (SSSR count). The zero-order valence-corrected chi connectivity index (χ0v) is 6.09. The SMILES string of the molecule is CC(C)OC1CCCO1. The molecule has 0 aromatic carbocycles. The Hall–Kier alpha value is -0.0800. The average Bonchev–Trinajstić information content (AvgIpc) is 2.15. The number of hydrogen-bond donors (Lipinski definition) is 0. The van der Waals surface area contributed by atoms with Crippen molar-refractivity contribution in [2.24, 2.45) is 0 Å². The molecule has 0 aromatic heterocycles. The highest BCUT2D eigenvalue weighted by molar-refractivity contribution is 4.55. The van der Waals surface area contributed by atoms with E-state index in [1.807, 2.05) is 13.8 Å². The van der Waals surface area contributed by atoms with Crippen molar-refractivity contribution in [1.29, 1.82) is 0 Å². The van der Waals surface area contributed by atoms with E-state index in [1.165, 1.54) is 0 Å². The highest BCUT2D eigenvalue weighted by atomic mass is 16.7. The van der Waals surface area contributed by atoms with Gasteiger partial charge in [-0.15, -0.1) is 0 Å². The maximum Gasteiger partial charge on any atom is 0.158 e. The molecule has 0 spiro atoms. The minimum atomic E-state index is 0.0880. The topological polar surface area (TPSA) is 18.5 Å². The van der Waals surface area contributed by atoms with E-state index in [0.29, 0.717) is 6.10 Å². The van der Waals surface area contributed by atoms with Gasteiger partial charge in [0.05, 0.1) is 6.10 Å². The Morgan fingerprint density at radius 3 is 2.78 bits per heavy atom. The second kappa shape index (κ2) is 3.18. The minimum Gasteiger partial charge on any atom is -0.353 e. The molecule has 1 atom stereocenters. The van der Waals surface area contributed by atoms with Crippen LogP contribution in [0.4, 0.5) is 0 Å². The third-order valence-electron chi connectivity index (χ3n) is 1.31. The van der Waals surface area contributed by atoms with Crippen molar-refractivity contribution >= 4 is 0 Å². The van der Waals surface area contributed by atoms with Gasteiger partial charge < -0.3 is 9.47 Å². The maximum atomic E-state index is 5.39. The van der Waals surface area contributed by atoms with Crippen LogP contribution in [0.25, 0.3) is 0 Å². The molecule has 0 aliphatic carbocycles. The van der Waals surface area contributed by atoms with Crippen LogP contribution in [-0.2, 0) is 9.47 Å². The largest absolute Gasteiger partial charge is 0.353 e. The molecule has 1 saturated heterocycles. The minimum absolute atomic E-state index is 0.0880. The molecule has 1 heterocycles. The lowest BCUT2D eigenvalue weighted by molar-refractivity contribution is -0.134. The van der Waals surface area contributed by atoms with Crippen LogP contribution in [0.2, 0.25) is 0 Å². The quantitative estimate of drug-likeness (QED) is 0.564. The van der Waals surface area contributed by atoms with E-state index in [4.69, 9.17) is 9.47 Å². The van der Waals surface area contributed by atoms with Gasteiger partial charge in [0.25, 0.3) is 0 Å². The third kappa shape index (κ3) is 2.33. The molecule has 2 nitrogen and oxygen atoms in total. The van der Waals surface area contributed by atoms with Crippen molar-refractivity contribution in [1.82, 2.24) is 0 Å². The Bertz CT molecular complexity index is 75.0. The predicted octanol–water partition coefficient (Wildman–Crippen LogP) is 1.55. The Labute approximate surface area is 56.2 Å². The first kappa shape index (κ1) is 7.03. The van der Waals surface area contributed by atoms with E-state index in [0.717, 1.165) is 19.4 Å². The number of rotatable bonds is 2. The second-order valence-electron chi connectivity index (χ2n) is 2.63. The van der Waals surface area contributed by atoms with E-state index >= 15 is 0 Å². The summed E-state index contributed by atoms with van der Waals surface area (Å²) in [5.74, 6) is 0. The molecule has 1 aliphatic rings. The molecular formula is C7H14O2. The summed E-state index contributed by atoms with van der Waals surface area (Å²) in [7, 11) is 0. The molecule has 2 heteroatoms. The smallest absolute Gasteiger partial charge is 0.158 e. The van der Waals surface area contributed by atoms with E-state index in [2.05, 4.69) is 0 Å². The van der Waals surface area contributed by atoms with Gasteiger partial charge >= 0.3 is 0 Å². The lowest BCUT2D eigenvalue weighted by atomic mass is 10.3. The molecule has 0 N–H and O–H groups in total. The highest BCUT2D eigenvalue weighted by Crippen LogP contribution is 2.14. The van der Waals surface area contributed by atoms with Crippen LogP contribution in [0.15, 0.2) is 0 Å². The van der Waals surface area contributed by atoms with Gasteiger partial charge in [0, 0.05) is 13.0 Å². The predicted molar refractivity (Wildman–Crippen MR) is 35.2 cm³/mol. The van der Waals surface area contributed by atoms with Crippen molar-refractivity contribution in [3.8, 4) is 0 Å². The fourth-order valence-corrected chi connectivity index (χ4v) is 0.959. The molecular weight excluding hydrogens is 116 g/mol. The Balaban J connectivity index is 2.11. The van der Waals surface area contributed by atoms with Crippen LogP contribution in [0.3, 0.4) is 0 Å². The molecule has 1 aliphatic heterocycles. The van der Waals surface area contributed by atoms with Gasteiger partial charge in [0.2, 0.25) is 0 Å². The van der Waals surface area contributed by atoms with Gasteiger partial charge in [-0.1, -0.05) is 0 Å². The third-order valence-corrected chi connectivity index (χ3v) is 1.31. The van der Waals surface area contributed by atoms with Crippen LogP contribution in [0.5, 0.6) is 0 Å². The average molecular weight is 130 g/mol. The van der Waals surface area contributed by atoms with Crippen LogP contribution in [0, 0.1) is 0 Å². The fraction of sp³-hybridized carbons (Fsp3) is 1.00. The van der Waals surface area contributed by atoms with E-state index in [1.54, 1.807) is 0 Å². The molecule has 0 aromatic rings. The van der Waals surface area contributed by atoms with E-state index in [-0.39, 0.29) is 6.29 Å². The van der Waals surface area contributed by atoms with Gasteiger partial charge in [0.1, 0.15) is 0 Å². The normalized spacial score (nSPS) is 27.7. The molecule has 0 saturated carbocycles. The van der Waals surface area contributed by atoms with Crippen molar-refractivity contribution in [3.05, 3.63) is 0 Å². The molecule has 1 unspecified atom stereocenters. The van der Waals surface area contributed by atoms with Gasteiger partial charge in [-0.05, 0) is 20.3 Å². The van der Waals surface area contributed by atoms with E-state index < -0.39 is 0 Å². The standard InChI is InChI=1S/C7H14O2/c1-6(2)9-7-4-3-5-8-7/h6-7H,3-5H2,1-2H3. The van der Waals surface area contributed by atoms with Gasteiger partial charge in [-0.25, -0.2) is 0 Å². The fourth-order valence-electron chi connectivity index (χ4n) is 0.959. The first-order valence-electron chi connectivity index (χ1n) is 3.56. The molecule has 9 heavy (non-hydrogen) atoms. The molecule has 54 valence electrons. The summed E-state index contributed by atoms with van der Waals surface area (Å²) in [6.07, 6.45) is 2.60. The summed E-state index contributed by atoms with van der Waals surface area (Å²) >= 11 is 0. The monoisotopic (exact) mass is 130 g/mol. The lowest BCUT2D eigenvalue weighted by Gasteiger charge is -2.13. The summed E-state index contributed by atoms with van der Waals surface area (Å²) in [6, 6.07) is 0. The second-order valence-corrected chi connectivity index (χ2v) is 2.63. The summed E-state index contributed by atoms with van der Waals surface area (Å²) in [5, 5.41) is 0. The Morgan fingerprint density at radius 2 is 2.33 bits per heavy atom. The molecule has 1 fully saturated rings. The summed E-state index contributed by atoms with van der Waals surface area (Å²) < 4.78 is 10.6. The van der Waals surface area contributed by atoms with Gasteiger partial charge in [-0.2, -0.15) is 0 Å². The summed E-state index contributed by atoms with van der Waals surface area (Å²) in [4.78, 5) is 0.